The van der Waals surface area contributed by atoms with E-state index < -0.39 is 5.41 Å². The largest absolute Gasteiger partial charge is 0.381 e. The highest BCUT2D eigenvalue weighted by molar-refractivity contribution is 5.92. The summed E-state index contributed by atoms with van der Waals surface area (Å²) in [5.74, 6) is 1.49. The number of rotatable bonds is 5. The first-order valence-electron chi connectivity index (χ1n) is 11.1. The van der Waals surface area contributed by atoms with E-state index in [2.05, 4.69) is 19.2 Å². The fourth-order valence-electron chi connectivity index (χ4n) is 8.81. The number of ether oxygens (including phenoxy) is 3. The number of nitrogens with one attached hydrogen (secondary N) is 1. The summed E-state index contributed by atoms with van der Waals surface area (Å²) in [4.78, 5) is 13.9. The first-order chi connectivity index (χ1) is 13.5. The lowest BCUT2D eigenvalue weighted by atomic mass is 9.50. The monoisotopic (exact) mass is 389 g/mol. The zero-order valence-electron chi connectivity index (χ0n) is 17.9. The molecule has 156 valence electrons. The molecule has 0 heterocycles. The summed E-state index contributed by atoms with van der Waals surface area (Å²) in [6.45, 7) is 5.28. The maximum Gasteiger partial charge on any atom is 0.145 e. The van der Waals surface area contributed by atoms with Crippen molar-refractivity contribution in [1.82, 2.24) is 5.32 Å². The first-order valence-corrected chi connectivity index (χ1v) is 11.1. The number of methoxy groups -OCH3 is 3. The van der Waals surface area contributed by atoms with Crippen LogP contribution in [0.15, 0.2) is 11.1 Å². The zero-order valence-corrected chi connectivity index (χ0v) is 17.9. The van der Waals surface area contributed by atoms with Crippen molar-refractivity contribution in [2.24, 2.45) is 28.6 Å². The van der Waals surface area contributed by atoms with E-state index in [9.17, 15) is 4.79 Å². The van der Waals surface area contributed by atoms with E-state index in [4.69, 9.17) is 14.2 Å². The Hall–Kier alpha value is -0.750. The standard InChI is InChI=1S/C23H35NO4/c1-6-24-21-22-11-16(26-3)13-9-15(19(22)20(13)28-5)23(21)14(10-17(22)25)12(2)7-8-18(23)27-4/h13,15-16,18-21,24H,6-11H2,1-5H3/t13-,15-,16+,18+,19-,20+,21-,22+,23+/m1/s1. The summed E-state index contributed by atoms with van der Waals surface area (Å²) in [5, 5.41) is 3.84. The molecule has 4 fully saturated rings. The third-order valence-corrected chi connectivity index (χ3v) is 9.43. The van der Waals surface area contributed by atoms with Crippen molar-refractivity contribution in [2.75, 3.05) is 27.9 Å². The Bertz CT molecular complexity index is 719. The lowest BCUT2D eigenvalue weighted by Crippen LogP contribution is -2.67. The predicted octanol–water partition coefficient (Wildman–Crippen LogP) is 2.74. The second-order valence-corrected chi connectivity index (χ2v) is 9.80. The van der Waals surface area contributed by atoms with Crippen molar-refractivity contribution in [2.45, 2.75) is 70.3 Å². The number of fused-ring (bicyclic) bond motifs is 1. The van der Waals surface area contributed by atoms with E-state index in [1.165, 1.54) is 11.1 Å². The van der Waals surface area contributed by atoms with E-state index in [-0.39, 0.29) is 35.7 Å². The molecular formula is C23H35NO4. The molecule has 0 radical (unpaired) electrons. The van der Waals surface area contributed by atoms with Gasteiger partial charge >= 0.3 is 0 Å². The Balaban J connectivity index is 1.79. The van der Waals surface area contributed by atoms with Crippen molar-refractivity contribution in [3.05, 3.63) is 11.1 Å². The van der Waals surface area contributed by atoms with Crippen LogP contribution in [0.5, 0.6) is 0 Å². The van der Waals surface area contributed by atoms with Gasteiger partial charge in [0.15, 0.2) is 0 Å². The molecule has 9 atom stereocenters. The van der Waals surface area contributed by atoms with Gasteiger partial charge in [0.05, 0.1) is 23.7 Å². The Morgan fingerprint density at radius 3 is 2.61 bits per heavy atom. The van der Waals surface area contributed by atoms with Gasteiger partial charge in [-0.2, -0.15) is 0 Å². The van der Waals surface area contributed by atoms with Gasteiger partial charge in [0, 0.05) is 51.0 Å². The third kappa shape index (κ3) is 1.91. The number of carbonyl (C=O) groups is 1. The minimum absolute atomic E-state index is 0.0735. The summed E-state index contributed by atoms with van der Waals surface area (Å²) < 4.78 is 18.3. The molecule has 5 nitrogen and oxygen atoms in total. The molecule has 5 heteroatoms. The highest BCUT2D eigenvalue weighted by Gasteiger charge is 2.82. The number of hydrogen-bond acceptors (Lipinski definition) is 5. The second kappa shape index (κ2) is 6.37. The fourth-order valence-corrected chi connectivity index (χ4v) is 8.81. The molecular weight excluding hydrogens is 354 g/mol. The molecule has 0 aromatic carbocycles. The molecule has 0 aromatic rings. The average molecular weight is 390 g/mol. The van der Waals surface area contributed by atoms with E-state index in [1.54, 1.807) is 7.11 Å². The fraction of sp³-hybridized carbons (Fsp3) is 0.870. The van der Waals surface area contributed by atoms with Gasteiger partial charge in [-0.05, 0) is 45.1 Å². The Morgan fingerprint density at radius 2 is 1.96 bits per heavy atom. The molecule has 5 rings (SSSR count). The molecule has 0 saturated heterocycles. The minimum Gasteiger partial charge on any atom is -0.381 e. The molecule has 5 aliphatic carbocycles. The van der Waals surface area contributed by atoms with E-state index in [0.29, 0.717) is 24.0 Å². The van der Waals surface area contributed by atoms with Gasteiger partial charge in [-0.15, -0.1) is 0 Å². The molecule has 28 heavy (non-hydrogen) atoms. The summed E-state index contributed by atoms with van der Waals surface area (Å²) in [6, 6.07) is 0.119. The lowest BCUT2D eigenvalue weighted by molar-refractivity contribution is -0.161. The molecule has 0 aliphatic heterocycles. The van der Waals surface area contributed by atoms with Crippen LogP contribution in [0.1, 0.15) is 46.0 Å². The quantitative estimate of drug-likeness (QED) is 0.733. The van der Waals surface area contributed by atoms with Crippen molar-refractivity contribution in [3.63, 3.8) is 0 Å². The Morgan fingerprint density at radius 1 is 1.18 bits per heavy atom. The predicted molar refractivity (Wildman–Crippen MR) is 106 cm³/mol. The van der Waals surface area contributed by atoms with Gasteiger partial charge in [0.2, 0.25) is 0 Å². The molecule has 4 bridgehead atoms. The van der Waals surface area contributed by atoms with Crippen LogP contribution in [0, 0.1) is 28.6 Å². The van der Waals surface area contributed by atoms with Crippen LogP contribution in [0.4, 0.5) is 0 Å². The number of carbonyl (C=O) groups excluding carboxylic acids is 1. The molecule has 4 saturated carbocycles. The topological polar surface area (TPSA) is 56.8 Å². The van der Waals surface area contributed by atoms with E-state index in [1.807, 2.05) is 14.2 Å². The smallest absolute Gasteiger partial charge is 0.145 e. The van der Waals surface area contributed by atoms with Crippen LogP contribution in [-0.4, -0.2) is 58.0 Å². The highest BCUT2D eigenvalue weighted by Crippen LogP contribution is 2.77. The van der Waals surface area contributed by atoms with Gasteiger partial charge in [-0.1, -0.05) is 18.1 Å². The van der Waals surface area contributed by atoms with Crippen LogP contribution >= 0.6 is 0 Å². The summed E-state index contributed by atoms with van der Waals surface area (Å²) in [6.07, 6.45) is 4.98. The van der Waals surface area contributed by atoms with Crippen molar-refractivity contribution >= 4 is 5.78 Å². The number of Topliss-reactive ketones (excluding diaryl/α,β-unsaturated/α-hetero) is 1. The maximum atomic E-state index is 13.9. The van der Waals surface area contributed by atoms with Crippen LogP contribution in [0.2, 0.25) is 0 Å². The normalized spacial score (nSPS) is 51.6. The third-order valence-electron chi connectivity index (χ3n) is 9.43. The zero-order chi connectivity index (χ0) is 19.8. The summed E-state index contributed by atoms with van der Waals surface area (Å²) in [7, 11) is 5.50. The van der Waals surface area contributed by atoms with Gasteiger partial charge in [0.25, 0.3) is 0 Å². The number of ketones is 1. The van der Waals surface area contributed by atoms with Crippen molar-refractivity contribution < 1.29 is 19.0 Å². The molecule has 5 aliphatic rings. The molecule has 0 amide bonds. The molecule has 0 unspecified atom stereocenters. The van der Waals surface area contributed by atoms with Crippen LogP contribution in [0.3, 0.4) is 0 Å². The van der Waals surface area contributed by atoms with Gasteiger partial charge < -0.3 is 19.5 Å². The van der Waals surface area contributed by atoms with Gasteiger partial charge in [-0.25, -0.2) is 0 Å². The van der Waals surface area contributed by atoms with Gasteiger partial charge in [0.1, 0.15) is 5.78 Å². The highest BCUT2D eigenvalue weighted by atomic mass is 16.5. The van der Waals surface area contributed by atoms with Crippen LogP contribution < -0.4 is 5.32 Å². The number of hydrogen-bond donors (Lipinski definition) is 1. The molecule has 1 N–H and O–H groups in total. The van der Waals surface area contributed by atoms with Crippen LogP contribution in [0.25, 0.3) is 0 Å². The SMILES string of the molecule is CCN[C@@H]1[C@]23C[C@H](OC)[C@H]4C[C@H]([C@@H]2[C@H]4OC)[C@]12C(=C(C)CC[C@@H]2OC)CC3=O. The van der Waals surface area contributed by atoms with Gasteiger partial charge in [-0.3, -0.25) is 4.79 Å². The second-order valence-electron chi connectivity index (χ2n) is 9.80. The molecule has 2 spiro atoms. The number of allylic oxidation sites excluding steroid dienone is 1. The summed E-state index contributed by atoms with van der Waals surface area (Å²) in [5.41, 5.74) is 2.36. The molecule has 0 aromatic heterocycles. The maximum absolute atomic E-state index is 13.9. The minimum atomic E-state index is -0.396. The van der Waals surface area contributed by atoms with E-state index in [0.717, 1.165) is 32.2 Å². The lowest BCUT2D eigenvalue weighted by Gasteiger charge is -2.58. The van der Waals surface area contributed by atoms with Crippen molar-refractivity contribution in [1.29, 1.82) is 0 Å². The van der Waals surface area contributed by atoms with Crippen LogP contribution in [-0.2, 0) is 19.0 Å². The van der Waals surface area contributed by atoms with Crippen molar-refractivity contribution in [3.8, 4) is 0 Å². The Kier molecular flexibility index (Phi) is 4.38. The summed E-state index contributed by atoms with van der Waals surface area (Å²) >= 11 is 0. The first kappa shape index (κ1) is 19.2. The average Bonchev–Trinajstić information content (AvgIpc) is 3.09. The van der Waals surface area contributed by atoms with E-state index >= 15 is 0 Å². The Labute approximate surface area is 168 Å².